The van der Waals surface area contributed by atoms with Gasteiger partial charge in [-0.15, -0.1) is 0 Å². The molecule has 0 aliphatic rings. The van der Waals surface area contributed by atoms with E-state index in [-0.39, 0.29) is 0 Å². The fourth-order valence-corrected chi connectivity index (χ4v) is 1.50. The minimum atomic E-state index is -0.404. The van der Waals surface area contributed by atoms with Crippen LogP contribution in [-0.4, -0.2) is 32.3 Å². The van der Waals surface area contributed by atoms with E-state index in [0.717, 1.165) is 5.69 Å². The third kappa shape index (κ3) is 2.37. The number of nitrogens with zero attached hydrogens (tertiary/aromatic N) is 4. The molecule has 2 rings (SSSR count). The summed E-state index contributed by atoms with van der Waals surface area (Å²) in [5.41, 5.74) is 1.84. The van der Waals surface area contributed by atoms with Crippen molar-refractivity contribution in [2.75, 3.05) is 6.61 Å². The molecule has 2 heterocycles. The molecule has 0 aliphatic carbocycles. The zero-order chi connectivity index (χ0) is 13.1. The zero-order valence-corrected chi connectivity index (χ0v) is 10.5. The number of ether oxygens (including phenoxy) is 1. The molecule has 94 valence electrons. The molecule has 2 aromatic heterocycles. The Hall–Kier alpha value is -2.24. The maximum absolute atomic E-state index is 11.6. The maximum atomic E-state index is 11.6. The van der Waals surface area contributed by atoms with Crippen LogP contribution in [-0.2, 0) is 4.74 Å². The molecule has 6 heteroatoms. The number of aromatic nitrogens is 4. The second kappa shape index (κ2) is 4.95. The third-order valence-corrected chi connectivity index (χ3v) is 2.39. The Morgan fingerprint density at radius 2 is 2.22 bits per heavy atom. The van der Waals surface area contributed by atoms with Crippen molar-refractivity contribution in [2.24, 2.45) is 0 Å². The predicted molar refractivity (Wildman–Crippen MR) is 64.6 cm³/mol. The summed E-state index contributed by atoms with van der Waals surface area (Å²) in [5.74, 6) is 0.0341. The fraction of sp³-hybridized carbons (Fsp3) is 0.333. The molecule has 2 aromatic rings. The zero-order valence-electron chi connectivity index (χ0n) is 10.5. The number of esters is 1. The minimum Gasteiger partial charge on any atom is -0.462 e. The van der Waals surface area contributed by atoms with E-state index in [0.29, 0.717) is 23.8 Å². The number of carbonyl (C=O) groups is 1. The molecule has 0 N–H and O–H groups in total. The SMILES string of the molecule is CCOC(=O)c1cnc(-n2ccc(C)n2)nc1C. The van der Waals surface area contributed by atoms with Crippen molar-refractivity contribution < 1.29 is 9.53 Å². The first-order valence-corrected chi connectivity index (χ1v) is 5.65. The van der Waals surface area contributed by atoms with Crippen LogP contribution in [0.2, 0.25) is 0 Å². The first-order valence-electron chi connectivity index (χ1n) is 5.65. The van der Waals surface area contributed by atoms with Crippen LogP contribution in [0.5, 0.6) is 0 Å². The molecular weight excluding hydrogens is 232 g/mol. The van der Waals surface area contributed by atoms with Gasteiger partial charge >= 0.3 is 5.97 Å². The number of carbonyl (C=O) groups excluding carboxylic acids is 1. The van der Waals surface area contributed by atoms with E-state index in [2.05, 4.69) is 15.1 Å². The highest BCUT2D eigenvalue weighted by Gasteiger charge is 2.13. The van der Waals surface area contributed by atoms with Crippen LogP contribution in [0.1, 0.15) is 28.7 Å². The van der Waals surface area contributed by atoms with Gasteiger partial charge in [0, 0.05) is 12.4 Å². The highest BCUT2D eigenvalue weighted by molar-refractivity contribution is 5.90. The normalized spacial score (nSPS) is 10.4. The quantitative estimate of drug-likeness (QED) is 0.767. The van der Waals surface area contributed by atoms with Crippen LogP contribution in [0.25, 0.3) is 5.95 Å². The Balaban J connectivity index is 2.33. The van der Waals surface area contributed by atoms with Crippen LogP contribution in [0.3, 0.4) is 0 Å². The van der Waals surface area contributed by atoms with Crippen molar-refractivity contribution in [1.29, 1.82) is 0 Å². The van der Waals surface area contributed by atoms with E-state index in [1.54, 1.807) is 24.7 Å². The molecule has 6 nitrogen and oxygen atoms in total. The standard InChI is InChI=1S/C12H14N4O2/c1-4-18-11(17)10-7-13-12(14-9(10)3)16-6-5-8(2)15-16/h5-7H,4H2,1-3H3. The highest BCUT2D eigenvalue weighted by Crippen LogP contribution is 2.08. The van der Waals surface area contributed by atoms with Gasteiger partial charge in [0.25, 0.3) is 5.95 Å². The van der Waals surface area contributed by atoms with Crippen molar-refractivity contribution in [3.63, 3.8) is 0 Å². The van der Waals surface area contributed by atoms with Gasteiger partial charge in [0.15, 0.2) is 0 Å². The molecule has 0 atom stereocenters. The van der Waals surface area contributed by atoms with Crippen LogP contribution in [0.4, 0.5) is 0 Å². The van der Waals surface area contributed by atoms with Crippen LogP contribution in [0.15, 0.2) is 18.5 Å². The molecule has 18 heavy (non-hydrogen) atoms. The summed E-state index contributed by atoms with van der Waals surface area (Å²) in [6.45, 7) is 5.72. The van der Waals surface area contributed by atoms with Crippen molar-refractivity contribution in [3.8, 4) is 5.95 Å². The molecule has 0 radical (unpaired) electrons. The van der Waals surface area contributed by atoms with Gasteiger partial charge in [-0.3, -0.25) is 0 Å². The summed E-state index contributed by atoms with van der Waals surface area (Å²) in [6, 6.07) is 1.86. The van der Waals surface area contributed by atoms with Gasteiger partial charge in [0.05, 0.1) is 23.6 Å². The molecule has 0 aromatic carbocycles. The van der Waals surface area contributed by atoms with Gasteiger partial charge in [0.2, 0.25) is 0 Å². The molecule has 0 saturated carbocycles. The lowest BCUT2D eigenvalue weighted by Crippen LogP contribution is -2.11. The van der Waals surface area contributed by atoms with Crippen molar-refractivity contribution in [1.82, 2.24) is 19.7 Å². The number of hydrogen-bond donors (Lipinski definition) is 0. The highest BCUT2D eigenvalue weighted by atomic mass is 16.5. The van der Waals surface area contributed by atoms with Crippen molar-refractivity contribution >= 4 is 5.97 Å². The molecule has 0 spiro atoms. The predicted octanol–water partition coefficient (Wildman–Crippen LogP) is 1.46. The summed E-state index contributed by atoms with van der Waals surface area (Å²) in [4.78, 5) is 20.0. The van der Waals surface area contributed by atoms with Gasteiger partial charge < -0.3 is 4.74 Å². The molecule has 0 aliphatic heterocycles. The Morgan fingerprint density at radius 3 is 2.78 bits per heavy atom. The summed E-state index contributed by atoms with van der Waals surface area (Å²) >= 11 is 0. The average Bonchev–Trinajstić information content (AvgIpc) is 2.76. The lowest BCUT2D eigenvalue weighted by atomic mass is 10.2. The van der Waals surface area contributed by atoms with Crippen LogP contribution >= 0.6 is 0 Å². The Morgan fingerprint density at radius 1 is 1.44 bits per heavy atom. The van der Waals surface area contributed by atoms with Gasteiger partial charge in [-0.1, -0.05) is 0 Å². The molecule has 0 amide bonds. The van der Waals surface area contributed by atoms with Crippen LogP contribution in [0, 0.1) is 13.8 Å². The number of aryl methyl sites for hydroxylation is 2. The lowest BCUT2D eigenvalue weighted by molar-refractivity contribution is 0.0524. The second-order valence-corrected chi connectivity index (χ2v) is 3.79. The van der Waals surface area contributed by atoms with Crippen LogP contribution < -0.4 is 0 Å². The maximum Gasteiger partial charge on any atom is 0.341 e. The molecular formula is C12H14N4O2. The van der Waals surface area contributed by atoms with Gasteiger partial charge in [-0.25, -0.2) is 19.4 Å². The van der Waals surface area contributed by atoms with E-state index in [4.69, 9.17) is 4.74 Å². The second-order valence-electron chi connectivity index (χ2n) is 3.79. The number of rotatable bonds is 3. The molecule has 0 unspecified atom stereocenters. The Bertz CT molecular complexity index is 577. The van der Waals surface area contributed by atoms with E-state index < -0.39 is 5.97 Å². The van der Waals surface area contributed by atoms with E-state index in [9.17, 15) is 4.79 Å². The Kier molecular flexibility index (Phi) is 3.36. The minimum absolute atomic E-state index is 0.332. The van der Waals surface area contributed by atoms with E-state index in [1.165, 1.54) is 6.20 Å². The van der Waals surface area contributed by atoms with E-state index >= 15 is 0 Å². The van der Waals surface area contributed by atoms with E-state index in [1.807, 2.05) is 13.0 Å². The average molecular weight is 246 g/mol. The van der Waals surface area contributed by atoms with Gasteiger partial charge in [-0.05, 0) is 26.8 Å². The summed E-state index contributed by atoms with van der Waals surface area (Å²) < 4.78 is 6.48. The van der Waals surface area contributed by atoms with Gasteiger partial charge in [-0.2, -0.15) is 5.10 Å². The lowest BCUT2D eigenvalue weighted by Gasteiger charge is -2.06. The summed E-state index contributed by atoms with van der Waals surface area (Å²) in [6.07, 6.45) is 3.24. The summed E-state index contributed by atoms with van der Waals surface area (Å²) in [5, 5.41) is 4.21. The van der Waals surface area contributed by atoms with Gasteiger partial charge in [0.1, 0.15) is 0 Å². The third-order valence-electron chi connectivity index (χ3n) is 2.39. The molecule has 0 saturated heterocycles. The van der Waals surface area contributed by atoms with Crippen molar-refractivity contribution in [3.05, 3.63) is 35.4 Å². The number of hydrogen-bond acceptors (Lipinski definition) is 5. The first kappa shape index (κ1) is 12.2. The molecule has 0 fully saturated rings. The van der Waals surface area contributed by atoms with Crippen molar-refractivity contribution in [2.45, 2.75) is 20.8 Å². The first-order chi connectivity index (χ1) is 8.61. The Labute approximate surface area is 105 Å². The molecule has 0 bridgehead atoms. The monoisotopic (exact) mass is 246 g/mol. The largest absolute Gasteiger partial charge is 0.462 e. The smallest absolute Gasteiger partial charge is 0.341 e. The fourth-order valence-electron chi connectivity index (χ4n) is 1.50. The topological polar surface area (TPSA) is 69.9 Å². The summed E-state index contributed by atoms with van der Waals surface area (Å²) in [7, 11) is 0.